The predicted molar refractivity (Wildman–Crippen MR) is 67.6 cm³/mol. The molecular weight excluding hydrogens is 246 g/mol. The van der Waals surface area contributed by atoms with Gasteiger partial charge in [-0.05, 0) is 31.2 Å². The Labute approximate surface area is 109 Å². The molecule has 0 saturated carbocycles. The molecule has 5 nitrogen and oxygen atoms in total. The lowest BCUT2D eigenvalue weighted by Gasteiger charge is -2.23. The summed E-state index contributed by atoms with van der Waals surface area (Å²) in [6, 6.07) is 11.5. The molecule has 0 spiro atoms. The molecule has 2 aromatic rings. The Morgan fingerprint density at radius 3 is 2.37 bits per heavy atom. The highest BCUT2D eigenvalue weighted by atomic mass is 16.4. The predicted octanol–water partition coefficient (Wildman–Crippen LogP) is 2.01. The quantitative estimate of drug-likeness (QED) is 0.880. The monoisotopic (exact) mass is 259 g/mol. The van der Waals surface area contributed by atoms with E-state index in [-0.39, 0.29) is 5.76 Å². The molecule has 0 saturated heterocycles. The molecule has 0 bridgehead atoms. The van der Waals surface area contributed by atoms with E-state index >= 15 is 0 Å². The summed E-state index contributed by atoms with van der Waals surface area (Å²) < 4.78 is 5.10. The maximum absolute atomic E-state index is 12.0. The Kier molecular flexibility index (Phi) is 3.37. The van der Waals surface area contributed by atoms with Crippen molar-refractivity contribution in [2.45, 2.75) is 12.5 Å². The van der Waals surface area contributed by atoms with E-state index in [2.05, 4.69) is 5.32 Å². The molecule has 1 atom stereocenters. The van der Waals surface area contributed by atoms with Gasteiger partial charge >= 0.3 is 5.97 Å². The topological polar surface area (TPSA) is 79.5 Å². The van der Waals surface area contributed by atoms with Gasteiger partial charge in [0.2, 0.25) is 0 Å². The third kappa shape index (κ3) is 2.49. The number of amides is 1. The van der Waals surface area contributed by atoms with Crippen LogP contribution in [-0.4, -0.2) is 17.0 Å². The summed E-state index contributed by atoms with van der Waals surface area (Å²) in [5.74, 6) is -1.49. The smallest absolute Gasteiger partial charge is 0.337 e. The zero-order chi connectivity index (χ0) is 13.9. The van der Waals surface area contributed by atoms with E-state index in [1.807, 2.05) is 0 Å². The highest BCUT2D eigenvalue weighted by Crippen LogP contribution is 2.22. The van der Waals surface area contributed by atoms with Crippen LogP contribution >= 0.6 is 0 Å². The number of carboxylic acid groups (broad SMARTS) is 1. The van der Waals surface area contributed by atoms with Gasteiger partial charge in [0.05, 0.1) is 6.26 Å². The van der Waals surface area contributed by atoms with Crippen molar-refractivity contribution < 1.29 is 19.1 Å². The molecule has 0 aliphatic heterocycles. The van der Waals surface area contributed by atoms with E-state index in [0.29, 0.717) is 5.56 Å². The number of carbonyl (C=O) groups excluding carboxylic acids is 1. The van der Waals surface area contributed by atoms with Gasteiger partial charge in [0, 0.05) is 5.56 Å². The molecule has 0 aliphatic carbocycles. The molecule has 2 N–H and O–H groups in total. The first-order valence-electron chi connectivity index (χ1n) is 5.69. The molecule has 0 aliphatic rings. The van der Waals surface area contributed by atoms with E-state index in [1.54, 1.807) is 36.4 Å². The molecule has 0 radical (unpaired) electrons. The number of furan rings is 1. The normalized spacial score (nSPS) is 13.5. The molecule has 98 valence electrons. The minimum absolute atomic E-state index is 0.171. The molecule has 2 rings (SSSR count). The summed E-state index contributed by atoms with van der Waals surface area (Å²) in [6.45, 7) is 1.38. The zero-order valence-electron chi connectivity index (χ0n) is 10.3. The van der Waals surface area contributed by atoms with Gasteiger partial charge in [-0.15, -0.1) is 0 Å². The second kappa shape index (κ2) is 4.97. The number of rotatable bonds is 4. The van der Waals surface area contributed by atoms with E-state index in [4.69, 9.17) is 4.42 Å². The fraction of sp³-hybridized carbons (Fsp3) is 0.143. The molecule has 1 unspecified atom stereocenters. The van der Waals surface area contributed by atoms with Gasteiger partial charge in [-0.1, -0.05) is 18.2 Å². The van der Waals surface area contributed by atoms with Crippen molar-refractivity contribution in [1.82, 2.24) is 5.32 Å². The van der Waals surface area contributed by atoms with Crippen LogP contribution in [0.1, 0.15) is 23.0 Å². The molecular formula is C14H13NO4. The van der Waals surface area contributed by atoms with Crippen molar-refractivity contribution in [3.63, 3.8) is 0 Å². The molecule has 19 heavy (non-hydrogen) atoms. The number of carboxylic acids is 1. The maximum Gasteiger partial charge on any atom is 0.337 e. The molecule has 1 amide bonds. The van der Waals surface area contributed by atoms with Crippen LogP contribution in [0.4, 0.5) is 0 Å². The first kappa shape index (κ1) is 12.9. The number of hydrogen-bond donors (Lipinski definition) is 2. The largest absolute Gasteiger partial charge is 0.479 e. The van der Waals surface area contributed by atoms with Crippen molar-refractivity contribution in [3.8, 4) is 0 Å². The van der Waals surface area contributed by atoms with Crippen LogP contribution < -0.4 is 5.32 Å². The summed E-state index contributed by atoms with van der Waals surface area (Å²) in [4.78, 5) is 23.5. The summed E-state index contributed by atoms with van der Waals surface area (Å²) in [7, 11) is 0. The van der Waals surface area contributed by atoms with Gasteiger partial charge in [0.1, 0.15) is 5.76 Å². The second-order valence-corrected chi connectivity index (χ2v) is 4.23. The third-order valence-corrected chi connectivity index (χ3v) is 2.84. The lowest BCUT2D eigenvalue weighted by Crippen LogP contribution is -2.49. The molecule has 0 fully saturated rings. The van der Waals surface area contributed by atoms with Gasteiger partial charge in [-0.25, -0.2) is 4.79 Å². The van der Waals surface area contributed by atoms with Crippen LogP contribution in [0, 0.1) is 0 Å². The van der Waals surface area contributed by atoms with Crippen LogP contribution in [0.15, 0.2) is 53.1 Å². The zero-order valence-corrected chi connectivity index (χ0v) is 10.3. The molecule has 1 heterocycles. The fourth-order valence-electron chi connectivity index (χ4n) is 1.67. The van der Waals surface area contributed by atoms with Crippen LogP contribution in [-0.2, 0) is 10.3 Å². The van der Waals surface area contributed by atoms with Crippen molar-refractivity contribution in [1.29, 1.82) is 0 Å². The second-order valence-electron chi connectivity index (χ2n) is 4.23. The van der Waals surface area contributed by atoms with E-state index < -0.39 is 17.4 Å². The maximum atomic E-state index is 12.0. The minimum atomic E-state index is -1.60. The lowest BCUT2D eigenvalue weighted by atomic mass is 9.98. The average Bonchev–Trinajstić information content (AvgIpc) is 2.93. The molecule has 1 aromatic heterocycles. The highest BCUT2D eigenvalue weighted by Gasteiger charge is 2.39. The van der Waals surface area contributed by atoms with E-state index in [0.717, 1.165) is 0 Å². The lowest BCUT2D eigenvalue weighted by molar-refractivity contribution is -0.144. The standard InChI is InChI=1S/C14H13NO4/c1-14(13(17)18,11-8-5-9-19-11)15-12(16)10-6-3-2-4-7-10/h2-9H,1H3,(H,15,16)(H,17,18). The molecule has 1 aromatic carbocycles. The van der Waals surface area contributed by atoms with Crippen LogP contribution in [0.5, 0.6) is 0 Å². The van der Waals surface area contributed by atoms with Crippen molar-refractivity contribution in [2.75, 3.05) is 0 Å². The van der Waals surface area contributed by atoms with Gasteiger partial charge in [-0.3, -0.25) is 4.79 Å². The Hall–Kier alpha value is -2.56. The minimum Gasteiger partial charge on any atom is -0.479 e. The first-order valence-corrected chi connectivity index (χ1v) is 5.69. The number of nitrogens with one attached hydrogen (secondary N) is 1. The van der Waals surface area contributed by atoms with Gasteiger partial charge in [-0.2, -0.15) is 0 Å². The summed E-state index contributed by atoms with van der Waals surface area (Å²) in [5.41, 5.74) is -1.21. The number of aliphatic carboxylic acids is 1. The van der Waals surface area contributed by atoms with Gasteiger partial charge in [0.25, 0.3) is 5.91 Å². The average molecular weight is 259 g/mol. The Morgan fingerprint density at radius 2 is 1.84 bits per heavy atom. The number of benzene rings is 1. The summed E-state index contributed by atoms with van der Waals surface area (Å²) >= 11 is 0. The Balaban J connectivity index is 2.28. The number of hydrogen-bond acceptors (Lipinski definition) is 3. The summed E-state index contributed by atoms with van der Waals surface area (Å²) in [5, 5.41) is 11.8. The Bertz CT molecular complexity index is 577. The highest BCUT2D eigenvalue weighted by molar-refractivity contribution is 5.97. The van der Waals surface area contributed by atoms with Crippen molar-refractivity contribution >= 4 is 11.9 Å². The third-order valence-electron chi connectivity index (χ3n) is 2.84. The van der Waals surface area contributed by atoms with Gasteiger partial charge < -0.3 is 14.8 Å². The Morgan fingerprint density at radius 1 is 1.16 bits per heavy atom. The summed E-state index contributed by atoms with van der Waals surface area (Å²) in [6.07, 6.45) is 1.37. The molecule has 5 heteroatoms. The SMILES string of the molecule is CC(NC(=O)c1ccccc1)(C(=O)O)c1ccco1. The van der Waals surface area contributed by atoms with Gasteiger partial charge in [0.15, 0.2) is 5.54 Å². The van der Waals surface area contributed by atoms with Crippen molar-refractivity contribution in [3.05, 3.63) is 60.1 Å². The number of carbonyl (C=O) groups is 2. The first-order chi connectivity index (χ1) is 9.04. The van der Waals surface area contributed by atoms with Crippen LogP contribution in [0.25, 0.3) is 0 Å². The van der Waals surface area contributed by atoms with E-state index in [1.165, 1.54) is 19.3 Å². The fourth-order valence-corrected chi connectivity index (χ4v) is 1.67. The van der Waals surface area contributed by atoms with Crippen molar-refractivity contribution in [2.24, 2.45) is 0 Å². The van der Waals surface area contributed by atoms with E-state index in [9.17, 15) is 14.7 Å². The van der Waals surface area contributed by atoms with Crippen LogP contribution in [0.2, 0.25) is 0 Å². The van der Waals surface area contributed by atoms with Crippen LogP contribution in [0.3, 0.4) is 0 Å².